The lowest BCUT2D eigenvalue weighted by Gasteiger charge is -2.09. The summed E-state index contributed by atoms with van der Waals surface area (Å²) < 4.78 is 46.4. The molecule has 0 radical (unpaired) electrons. The summed E-state index contributed by atoms with van der Waals surface area (Å²) in [5.41, 5.74) is 5.57. The van der Waals surface area contributed by atoms with Gasteiger partial charge < -0.3 is 47.4 Å². The highest BCUT2D eigenvalue weighted by molar-refractivity contribution is 5.90. The Hall–Kier alpha value is -5.60. The van der Waals surface area contributed by atoms with Gasteiger partial charge in [0.2, 0.25) is 0 Å². The zero-order valence-corrected chi connectivity index (χ0v) is 39.1. The molecule has 0 N–H and O–H groups in total. The fourth-order valence-electron chi connectivity index (χ4n) is 7.07. The second-order valence-electron chi connectivity index (χ2n) is 15.9. The van der Waals surface area contributed by atoms with E-state index in [1.165, 1.54) is 65.3 Å². The normalized spacial score (nSPS) is 19.7. The molecule has 0 bridgehead atoms. The summed E-state index contributed by atoms with van der Waals surface area (Å²) >= 11 is 0. The van der Waals surface area contributed by atoms with Crippen molar-refractivity contribution in [1.82, 2.24) is 0 Å². The molecule has 0 amide bonds. The summed E-state index contributed by atoms with van der Waals surface area (Å²) in [4.78, 5) is 0. The number of rotatable bonds is 9. The summed E-state index contributed by atoms with van der Waals surface area (Å²) in [7, 11) is 8.18. The molecular formula is C57H62O10. The Balaban J connectivity index is 0.000000132. The maximum Gasteiger partial charge on any atom is 0.180 e. The smallest absolute Gasteiger partial charge is 0.180 e. The second-order valence-corrected chi connectivity index (χ2v) is 15.9. The van der Waals surface area contributed by atoms with Crippen LogP contribution in [0.25, 0.3) is 43.1 Å². The van der Waals surface area contributed by atoms with Crippen LogP contribution in [0.1, 0.15) is 22.3 Å². The van der Waals surface area contributed by atoms with E-state index in [2.05, 4.69) is 217 Å². The monoisotopic (exact) mass is 906 g/mol. The molecule has 10 nitrogen and oxygen atoms in total. The van der Waals surface area contributed by atoms with Crippen molar-refractivity contribution in [2.24, 2.45) is 0 Å². The van der Waals surface area contributed by atoms with Crippen molar-refractivity contribution in [2.75, 3.05) is 68.6 Å². The van der Waals surface area contributed by atoms with Gasteiger partial charge in [0.15, 0.2) is 31.5 Å². The highest BCUT2D eigenvalue weighted by Crippen LogP contribution is 2.27. The Labute approximate surface area is 394 Å². The van der Waals surface area contributed by atoms with Crippen molar-refractivity contribution >= 4 is 43.1 Å². The third-order valence-electron chi connectivity index (χ3n) is 11.1. The third kappa shape index (κ3) is 16.6. The largest absolute Gasteiger partial charge is 0.354 e. The van der Waals surface area contributed by atoms with Crippen LogP contribution in [0, 0.1) is 0 Å². The topological polar surface area (TPSA) is 109 Å². The van der Waals surface area contributed by atoms with Crippen LogP contribution < -0.4 is 0 Å². The molecule has 8 aromatic carbocycles. The van der Waals surface area contributed by atoms with Gasteiger partial charge in [-0.15, -0.1) is 0 Å². The maximum atomic E-state index is 4.64. The van der Waals surface area contributed by atoms with Crippen molar-refractivity contribution in [1.29, 1.82) is 0 Å². The molecule has 8 aromatic rings. The van der Waals surface area contributed by atoms with Crippen LogP contribution in [0.4, 0.5) is 0 Å². The van der Waals surface area contributed by atoms with Gasteiger partial charge in [0.25, 0.3) is 0 Å². The summed E-state index contributed by atoms with van der Waals surface area (Å²) in [6, 6.07) is 60.8. The van der Waals surface area contributed by atoms with Gasteiger partial charge in [-0.25, -0.2) is 0 Å². The van der Waals surface area contributed by atoms with E-state index in [0.717, 1.165) is 45.9 Å². The van der Waals surface area contributed by atoms with Crippen molar-refractivity contribution in [2.45, 2.75) is 44.3 Å². The quantitative estimate of drug-likeness (QED) is 0.130. The van der Waals surface area contributed by atoms with Crippen LogP contribution in [-0.4, -0.2) is 100 Å². The van der Waals surface area contributed by atoms with E-state index < -0.39 is 0 Å². The number of hydrogen-bond acceptors (Lipinski definition) is 10. The van der Waals surface area contributed by atoms with Crippen LogP contribution in [0.5, 0.6) is 0 Å². The lowest BCUT2D eigenvalue weighted by Crippen LogP contribution is -1.91. The molecule has 5 atom stereocenters. The van der Waals surface area contributed by atoms with Crippen molar-refractivity contribution in [3.05, 3.63) is 192 Å². The van der Waals surface area contributed by atoms with Crippen molar-refractivity contribution in [3.8, 4) is 0 Å². The fraction of sp³-hybridized carbons (Fsp3) is 0.298. The van der Waals surface area contributed by atoms with Gasteiger partial charge in [-0.05, 0) is 78.2 Å². The van der Waals surface area contributed by atoms with E-state index in [4.69, 9.17) is 0 Å². The Kier molecular flexibility index (Phi) is 19.2. The number of epoxide rings is 5. The van der Waals surface area contributed by atoms with Gasteiger partial charge in [0, 0.05) is 35.5 Å². The molecule has 5 saturated heterocycles. The second kappa shape index (κ2) is 26.1. The summed E-state index contributed by atoms with van der Waals surface area (Å²) in [5.74, 6) is 0. The van der Waals surface area contributed by atoms with Crippen LogP contribution in [0.3, 0.4) is 0 Å². The molecule has 350 valence electrons. The van der Waals surface area contributed by atoms with Gasteiger partial charge in [-0.1, -0.05) is 170 Å². The lowest BCUT2D eigenvalue weighted by molar-refractivity contribution is 0.0948. The van der Waals surface area contributed by atoms with Gasteiger partial charge >= 0.3 is 0 Å². The van der Waals surface area contributed by atoms with Crippen molar-refractivity contribution < 1.29 is 47.4 Å². The standard InChI is InChI=1S/2C21H16.5C3H6O2/c2*1-3-13-20-16(7-1)9-5-11-18(20)15-19-12-6-10-17-8-2-4-14-21(17)19;5*1-4-3-2-5-3/h2*1-14H,15H2;5*3H,2H2,1H3. The number of benzene rings is 8. The highest BCUT2D eigenvalue weighted by atomic mass is 16.8. The first-order valence-corrected chi connectivity index (χ1v) is 22.6. The van der Waals surface area contributed by atoms with E-state index in [1.807, 2.05) is 0 Å². The van der Waals surface area contributed by atoms with E-state index in [1.54, 1.807) is 35.5 Å². The maximum absolute atomic E-state index is 4.64. The van der Waals surface area contributed by atoms with Crippen LogP contribution in [0.15, 0.2) is 170 Å². The van der Waals surface area contributed by atoms with Gasteiger partial charge in [-0.3, -0.25) is 0 Å². The minimum atomic E-state index is 0.134. The average Bonchev–Trinajstić information content (AvgIpc) is 4.18. The molecule has 5 heterocycles. The number of hydrogen-bond donors (Lipinski definition) is 0. The first-order chi connectivity index (χ1) is 33.0. The first kappa shape index (κ1) is 49.3. The van der Waals surface area contributed by atoms with Crippen LogP contribution >= 0.6 is 0 Å². The van der Waals surface area contributed by atoms with Crippen molar-refractivity contribution in [3.63, 3.8) is 0 Å². The number of fused-ring (bicyclic) bond motifs is 4. The van der Waals surface area contributed by atoms with E-state index >= 15 is 0 Å². The summed E-state index contributed by atoms with van der Waals surface area (Å²) in [6.45, 7) is 3.94. The molecular weight excluding hydrogens is 845 g/mol. The Bertz CT molecular complexity index is 2300. The fourth-order valence-corrected chi connectivity index (χ4v) is 7.07. The molecule has 13 rings (SSSR count). The predicted molar refractivity (Wildman–Crippen MR) is 265 cm³/mol. The molecule has 67 heavy (non-hydrogen) atoms. The molecule has 5 unspecified atom stereocenters. The zero-order valence-electron chi connectivity index (χ0n) is 39.1. The number of methoxy groups -OCH3 is 5. The molecule has 0 aliphatic carbocycles. The van der Waals surface area contributed by atoms with Gasteiger partial charge in [-0.2, -0.15) is 0 Å². The lowest BCUT2D eigenvalue weighted by atomic mass is 9.95. The SMILES string of the molecule is COC1CO1.COC1CO1.COC1CO1.COC1CO1.COC1CO1.c1ccc2c(Cc3cccc4ccccc34)cccc2c1.c1ccc2c(Cc3cccc4ccccc34)cccc2c1. The molecule has 5 aliphatic heterocycles. The molecule has 0 spiro atoms. The summed E-state index contributed by atoms with van der Waals surface area (Å²) in [6.07, 6.45) is 2.62. The predicted octanol–water partition coefficient (Wildman–Crippen LogP) is 11.1. The molecule has 10 heteroatoms. The highest BCUT2D eigenvalue weighted by Gasteiger charge is 2.22. The van der Waals surface area contributed by atoms with Gasteiger partial charge in [0.1, 0.15) is 33.0 Å². The van der Waals surface area contributed by atoms with Gasteiger partial charge in [0.05, 0.1) is 0 Å². The molecule has 0 aromatic heterocycles. The molecule has 5 aliphatic rings. The molecule has 5 fully saturated rings. The van der Waals surface area contributed by atoms with E-state index in [9.17, 15) is 0 Å². The van der Waals surface area contributed by atoms with E-state index in [-0.39, 0.29) is 31.5 Å². The average molecular weight is 907 g/mol. The molecule has 0 saturated carbocycles. The Morgan fingerprint density at radius 3 is 0.627 bits per heavy atom. The minimum absolute atomic E-state index is 0.134. The van der Waals surface area contributed by atoms with Crippen LogP contribution in [-0.2, 0) is 60.2 Å². The van der Waals surface area contributed by atoms with Crippen LogP contribution in [0.2, 0.25) is 0 Å². The van der Waals surface area contributed by atoms with E-state index in [0.29, 0.717) is 0 Å². The third-order valence-corrected chi connectivity index (χ3v) is 11.1. The zero-order chi connectivity index (χ0) is 46.6. The number of ether oxygens (including phenoxy) is 10. The Morgan fingerprint density at radius 2 is 0.463 bits per heavy atom. The summed E-state index contributed by atoms with van der Waals surface area (Å²) in [5, 5.41) is 10.7. The Morgan fingerprint density at radius 1 is 0.284 bits per heavy atom. The first-order valence-electron chi connectivity index (χ1n) is 22.6. The minimum Gasteiger partial charge on any atom is -0.354 e.